The van der Waals surface area contributed by atoms with E-state index < -0.39 is 0 Å². The Labute approximate surface area is 135 Å². The Bertz CT molecular complexity index is 530. The molecule has 0 aliphatic carbocycles. The molecular weight excluding hydrogens is 272 g/mol. The SMILES string of the molecule is C=C(N=C/C(=C\C)OCCCN(C)C)c1cccc(CC)c1. The first-order chi connectivity index (χ1) is 10.6. The molecule has 0 amide bonds. The van der Waals surface area contributed by atoms with Crippen LogP contribution in [0.1, 0.15) is 31.4 Å². The van der Waals surface area contributed by atoms with Crippen LogP contribution in [0.25, 0.3) is 5.70 Å². The normalized spacial score (nSPS) is 12.1. The maximum absolute atomic E-state index is 5.72. The molecule has 3 nitrogen and oxygen atoms in total. The first-order valence-electron chi connectivity index (χ1n) is 7.83. The van der Waals surface area contributed by atoms with Crippen molar-refractivity contribution in [3.05, 3.63) is 53.8 Å². The molecule has 22 heavy (non-hydrogen) atoms. The summed E-state index contributed by atoms with van der Waals surface area (Å²) in [5.74, 6) is 0.784. The van der Waals surface area contributed by atoms with Crippen LogP contribution in [0.4, 0.5) is 0 Å². The molecule has 0 heterocycles. The average Bonchev–Trinajstić information content (AvgIpc) is 2.53. The van der Waals surface area contributed by atoms with Gasteiger partial charge in [-0.3, -0.25) is 4.99 Å². The zero-order chi connectivity index (χ0) is 16.4. The molecule has 0 aromatic heterocycles. The van der Waals surface area contributed by atoms with E-state index in [4.69, 9.17) is 4.74 Å². The summed E-state index contributed by atoms with van der Waals surface area (Å²) in [6, 6.07) is 8.33. The molecule has 1 rings (SSSR count). The Morgan fingerprint density at radius 3 is 2.77 bits per heavy atom. The van der Waals surface area contributed by atoms with Gasteiger partial charge in [0.15, 0.2) is 0 Å². The van der Waals surface area contributed by atoms with Gasteiger partial charge >= 0.3 is 0 Å². The summed E-state index contributed by atoms with van der Waals surface area (Å²) in [7, 11) is 4.12. The van der Waals surface area contributed by atoms with Crippen LogP contribution in [-0.2, 0) is 11.2 Å². The molecule has 0 saturated carbocycles. The zero-order valence-electron chi connectivity index (χ0n) is 14.3. The fourth-order valence-corrected chi connectivity index (χ4v) is 1.95. The Morgan fingerprint density at radius 2 is 2.14 bits per heavy atom. The quantitative estimate of drug-likeness (QED) is 0.388. The number of nitrogens with zero attached hydrogens (tertiary/aromatic N) is 2. The van der Waals surface area contributed by atoms with Crippen LogP contribution >= 0.6 is 0 Å². The van der Waals surface area contributed by atoms with Crippen LogP contribution in [-0.4, -0.2) is 38.4 Å². The Morgan fingerprint density at radius 1 is 1.36 bits per heavy atom. The van der Waals surface area contributed by atoms with Crippen LogP contribution in [0, 0.1) is 0 Å². The monoisotopic (exact) mass is 300 g/mol. The summed E-state index contributed by atoms with van der Waals surface area (Å²) in [5, 5.41) is 0. The van der Waals surface area contributed by atoms with E-state index in [0.29, 0.717) is 6.61 Å². The lowest BCUT2D eigenvalue weighted by molar-refractivity contribution is 0.214. The maximum atomic E-state index is 5.72. The Hall–Kier alpha value is -1.87. The molecule has 3 heteroatoms. The molecule has 0 radical (unpaired) electrons. The standard InChI is InChI=1S/C19H28N2O/c1-6-17-10-8-11-18(14-17)16(3)20-15-19(7-2)22-13-9-12-21(4)5/h7-8,10-11,14-15H,3,6,9,12-13H2,1-2,4-5H3/b19-7+,20-15?. The van der Waals surface area contributed by atoms with E-state index >= 15 is 0 Å². The molecule has 0 fully saturated rings. The molecule has 1 aromatic rings. The van der Waals surface area contributed by atoms with Crippen molar-refractivity contribution in [2.45, 2.75) is 26.7 Å². The van der Waals surface area contributed by atoms with Crippen molar-refractivity contribution in [1.82, 2.24) is 4.90 Å². The molecule has 0 unspecified atom stereocenters. The van der Waals surface area contributed by atoms with Crippen LogP contribution in [0.15, 0.2) is 47.7 Å². The third-order valence-electron chi connectivity index (χ3n) is 3.32. The average molecular weight is 300 g/mol. The lowest BCUT2D eigenvalue weighted by atomic mass is 10.1. The summed E-state index contributed by atoms with van der Waals surface area (Å²) in [6.07, 6.45) is 5.68. The van der Waals surface area contributed by atoms with E-state index in [1.807, 2.05) is 25.1 Å². The van der Waals surface area contributed by atoms with Gasteiger partial charge in [0.05, 0.1) is 18.5 Å². The third kappa shape index (κ3) is 6.72. The molecule has 0 N–H and O–H groups in total. The predicted octanol–water partition coefficient (Wildman–Crippen LogP) is 4.16. The molecule has 120 valence electrons. The minimum absolute atomic E-state index is 0.696. The predicted molar refractivity (Wildman–Crippen MR) is 96.2 cm³/mol. The van der Waals surface area contributed by atoms with Gasteiger partial charge in [0.2, 0.25) is 0 Å². The van der Waals surface area contributed by atoms with Crippen LogP contribution < -0.4 is 0 Å². The number of rotatable bonds is 9. The van der Waals surface area contributed by atoms with Crippen LogP contribution in [0.3, 0.4) is 0 Å². The summed E-state index contributed by atoms with van der Waals surface area (Å²) in [5.41, 5.74) is 3.10. The number of hydrogen-bond donors (Lipinski definition) is 0. The topological polar surface area (TPSA) is 24.8 Å². The van der Waals surface area contributed by atoms with Crippen molar-refractivity contribution in [1.29, 1.82) is 0 Å². The van der Waals surface area contributed by atoms with Gasteiger partial charge < -0.3 is 9.64 Å². The summed E-state index contributed by atoms with van der Waals surface area (Å²) >= 11 is 0. The minimum Gasteiger partial charge on any atom is -0.492 e. The van der Waals surface area contributed by atoms with Crippen molar-refractivity contribution in [2.75, 3.05) is 27.2 Å². The van der Waals surface area contributed by atoms with E-state index in [9.17, 15) is 0 Å². The van der Waals surface area contributed by atoms with Gasteiger partial charge in [0.1, 0.15) is 5.76 Å². The highest BCUT2D eigenvalue weighted by molar-refractivity contribution is 5.82. The number of benzene rings is 1. The lowest BCUT2D eigenvalue weighted by Gasteiger charge is -2.10. The largest absolute Gasteiger partial charge is 0.492 e. The highest BCUT2D eigenvalue weighted by Gasteiger charge is 1.99. The second-order valence-electron chi connectivity index (χ2n) is 5.46. The van der Waals surface area contributed by atoms with Gasteiger partial charge in [-0.1, -0.05) is 31.7 Å². The molecule has 0 aliphatic rings. The lowest BCUT2D eigenvalue weighted by Crippen LogP contribution is -2.14. The number of aliphatic imine (C=N–C) groups is 1. The maximum Gasteiger partial charge on any atom is 0.133 e. The van der Waals surface area contributed by atoms with Crippen molar-refractivity contribution in [3.8, 4) is 0 Å². The van der Waals surface area contributed by atoms with Crippen LogP contribution in [0.5, 0.6) is 0 Å². The number of ether oxygens (including phenoxy) is 1. The molecule has 1 aromatic carbocycles. The highest BCUT2D eigenvalue weighted by atomic mass is 16.5. The fraction of sp³-hybridized carbons (Fsp3) is 0.421. The third-order valence-corrected chi connectivity index (χ3v) is 3.32. The first kappa shape index (κ1) is 18.2. The van der Waals surface area contributed by atoms with Crippen molar-refractivity contribution in [2.24, 2.45) is 4.99 Å². The molecule has 0 atom stereocenters. The second kappa shape index (κ2) is 9.96. The molecule has 0 aliphatic heterocycles. The van der Waals surface area contributed by atoms with Gasteiger partial charge in [0.25, 0.3) is 0 Å². The van der Waals surface area contributed by atoms with E-state index in [0.717, 1.165) is 36.4 Å². The summed E-state index contributed by atoms with van der Waals surface area (Å²) < 4.78 is 5.72. The minimum atomic E-state index is 0.696. The molecule has 0 spiro atoms. The highest BCUT2D eigenvalue weighted by Crippen LogP contribution is 2.16. The summed E-state index contributed by atoms with van der Waals surface area (Å²) in [6.45, 7) is 9.85. The van der Waals surface area contributed by atoms with Crippen molar-refractivity contribution in [3.63, 3.8) is 0 Å². The number of allylic oxidation sites excluding steroid dienone is 2. The van der Waals surface area contributed by atoms with Gasteiger partial charge in [-0.05, 0) is 57.1 Å². The van der Waals surface area contributed by atoms with Gasteiger partial charge in [-0.25, -0.2) is 0 Å². The first-order valence-corrected chi connectivity index (χ1v) is 7.83. The Balaban J connectivity index is 2.55. The summed E-state index contributed by atoms with van der Waals surface area (Å²) in [4.78, 5) is 6.58. The second-order valence-corrected chi connectivity index (χ2v) is 5.46. The fourth-order valence-electron chi connectivity index (χ4n) is 1.95. The van der Waals surface area contributed by atoms with Crippen molar-refractivity contribution < 1.29 is 4.74 Å². The molecular formula is C19H28N2O. The van der Waals surface area contributed by atoms with Crippen molar-refractivity contribution >= 4 is 11.9 Å². The number of aryl methyl sites for hydroxylation is 1. The van der Waals surface area contributed by atoms with Gasteiger partial charge in [-0.2, -0.15) is 0 Å². The van der Waals surface area contributed by atoms with E-state index in [1.165, 1.54) is 5.56 Å². The molecule has 0 saturated heterocycles. The number of hydrogen-bond acceptors (Lipinski definition) is 3. The molecule has 0 bridgehead atoms. The van der Waals surface area contributed by atoms with Gasteiger partial charge in [-0.15, -0.1) is 0 Å². The van der Waals surface area contributed by atoms with E-state index in [1.54, 1.807) is 6.21 Å². The van der Waals surface area contributed by atoms with E-state index in [-0.39, 0.29) is 0 Å². The Kier molecular flexibility index (Phi) is 8.23. The van der Waals surface area contributed by atoms with Gasteiger partial charge in [0, 0.05) is 6.54 Å². The zero-order valence-corrected chi connectivity index (χ0v) is 14.3. The van der Waals surface area contributed by atoms with E-state index in [2.05, 4.69) is 49.6 Å². The van der Waals surface area contributed by atoms with Crippen LogP contribution in [0.2, 0.25) is 0 Å². The smallest absolute Gasteiger partial charge is 0.133 e.